The van der Waals surface area contributed by atoms with Crippen molar-refractivity contribution in [2.75, 3.05) is 13.2 Å². The van der Waals surface area contributed by atoms with Gasteiger partial charge in [0.05, 0.1) is 18.8 Å². The van der Waals surface area contributed by atoms with Crippen molar-refractivity contribution in [1.29, 1.82) is 0 Å². The summed E-state index contributed by atoms with van der Waals surface area (Å²) in [5, 5.41) is 8.60. The van der Waals surface area contributed by atoms with Gasteiger partial charge in [-0.3, -0.25) is 4.79 Å². The van der Waals surface area contributed by atoms with Crippen molar-refractivity contribution in [2.24, 2.45) is 0 Å². The predicted octanol–water partition coefficient (Wildman–Crippen LogP) is 3.09. The van der Waals surface area contributed by atoms with Crippen LogP contribution >= 0.6 is 0 Å². The van der Waals surface area contributed by atoms with Crippen LogP contribution in [0.2, 0.25) is 0 Å². The zero-order chi connectivity index (χ0) is 15.7. The normalized spacial score (nSPS) is 10.6. The molecule has 5 nitrogen and oxygen atoms in total. The van der Waals surface area contributed by atoms with Crippen molar-refractivity contribution < 1.29 is 24.2 Å². The maximum atomic E-state index is 12.1. The summed E-state index contributed by atoms with van der Waals surface area (Å²) >= 11 is 0. The van der Waals surface area contributed by atoms with Crippen LogP contribution in [-0.2, 0) is 4.79 Å². The Morgan fingerprint density at radius 3 is 2.38 bits per heavy atom. The molecule has 0 aliphatic rings. The number of carbonyl (C=O) groups excluding carboxylic acids is 1. The van der Waals surface area contributed by atoms with Crippen LogP contribution in [0.1, 0.15) is 37.0 Å². The van der Waals surface area contributed by atoms with Crippen molar-refractivity contribution in [3.63, 3.8) is 0 Å². The monoisotopic (exact) mass is 292 g/mol. The van der Waals surface area contributed by atoms with Gasteiger partial charge in [0.25, 0.3) is 0 Å². The molecule has 1 rings (SSSR count). The molecule has 0 aromatic heterocycles. The summed E-state index contributed by atoms with van der Waals surface area (Å²) in [6.45, 7) is 4.98. The number of carboxylic acids is 1. The number of hydrogen-bond donors (Lipinski definition) is 1. The van der Waals surface area contributed by atoms with E-state index in [-0.39, 0.29) is 0 Å². The fourth-order valence-corrected chi connectivity index (χ4v) is 1.59. The lowest BCUT2D eigenvalue weighted by atomic mass is 10.1. The van der Waals surface area contributed by atoms with Crippen molar-refractivity contribution >= 4 is 11.8 Å². The molecule has 0 aliphatic carbocycles. The van der Waals surface area contributed by atoms with Crippen LogP contribution in [0.25, 0.3) is 0 Å². The van der Waals surface area contributed by atoms with Crippen LogP contribution in [-0.4, -0.2) is 30.1 Å². The fourth-order valence-electron chi connectivity index (χ4n) is 1.59. The second-order valence-corrected chi connectivity index (χ2v) is 4.39. The van der Waals surface area contributed by atoms with Crippen LogP contribution in [0.3, 0.4) is 0 Å². The first-order valence-electron chi connectivity index (χ1n) is 6.93. The molecule has 0 fully saturated rings. The van der Waals surface area contributed by atoms with E-state index in [9.17, 15) is 9.59 Å². The van der Waals surface area contributed by atoms with E-state index >= 15 is 0 Å². The lowest BCUT2D eigenvalue weighted by molar-refractivity contribution is -0.131. The molecule has 0 bridgehead atoms. The molecule has 1 aromatic carbocycles. The average molecular weight is 292 g/mol. The number of carboxylic acid groups (broad SMARTS) is 1. The molecule has 0 saturated heterocycles. The molecule has 1 N–H and O–H groups in total. The van der Waals surface area contributed by atoms with Gasteiger partial charge >= 0.3 is 5.97 Å². The van der Waals surface area contributed by atoms with Gasteiger partial charge in [-0.1, -0.05) is 13.8 Å². The van der Waals surface area contributed by atoms with E-state index in [1.165, 1.54) is 0 Å². The van der Waals surface area contributed by atoms with E-state index in [1.54, 1.807) is 18.2 Å². The molecule has 0 atom stereocenters. The first-order chi connectivity index (χ1) is 10.1. The molecule has 21 heavy (non-hydrogen) atoms. The summed E-state index contributed by atoms with van der Waals surface area (Å²) in [7, 11) is 0. The summed E-state index contributed by atoms with van der Waals surface area (Å²) in [6.07, 6.45) is 3.49. The van der Waals surface area contributed by atoms with Crippen molar-refractivity contribution in [3.8, 4) is 11.5 Å². The molecule has 1 aromatic rings. The Hall–Kier alpha value is -2.30. The van der Waals surface area contributed by atoms with Gasteiger partial charge in [0, 0.05) is 6.08 Å². The highest BCUT2D eigenvalue weighted by molar-refractivity contribution is 6.08. The summed E-state index contributed by atoms with van der Waals surface area (Å²) < 4.78 is 11.0. The Kier molecular flexibility index (Phi) is 7.01. The van der Waals surface area contributed by atoms with Gasteiger partial charge in [-0.15, -0.1) is 0 Å². The van der Waals surface area contributed by atoms with Crippen molar-refractivity contribution in [1.82, 2.24) is 0 Å². The highest BCUT2D eigenvalue weighted by Crippen LogP contribution is 2.25. The lowest BCUT2D eigenvalue weighted by Crippen LogP contribution is -2.05. The molecular weight excluding hydrogens is 272 g/mol. The molecule has 0 unspecified atom stereocenters. The number of benzene rings is 1. The summed E-state index contributed by atoms with van der Waals surface area (Å²) in [5.41, 5.74) is 0.301. The Labute approximate surface area is 124 Å². The molecule has 5 heteroatoms. The van der Waals surface area contributed by atoms with E-state index < -0.39 is 11.8 Å². The molecule has 0 heterocycles. The molecule has 0 aliphatic heterocycles. The van der Waals surface area contributed by atoms with E-state index in [0.29, 0.717) is 30.3 Å². The number of allylic oxidation sites excluding steroid dienone is 1. The molecule has 0 saturated carbocycles. The molecule has 0 spiro atoms. The SMILES string of the molecule is CCCOc1ccc(OCCC)c(C(=O)/C=C/C(=O)O)c1. The average Bonchev–Trinajstić information content (AvgIpc) is 2.48. The Morgan fingerprint density at radius 2 is 1.76 bits per heavy atom. The van der Waals surface area contributed by atoms with Gasteiger partial charge in [0.15, 0.2) is 5.78 Å². The molecular formula is C16H20O5. The van der Waals surface area contributed by atoms with Crippen LogP contribution < -0.4 is 9.47 Å². The summed E-state index contributed by atoms with van der Waals surface area (Å²) in [6, 6.07) is 4.98. The smallest absolute Gasteiger partial charge is 0.328 e. The second kappa shape index (κ2) is 8.79. The van der Waals surface area contributed by atoms with Gasteiger partial charge in [-0.25, -0.2) is 4.79 Å². The predicted molar refractivity (Wildman–Crippen MR) is 79.1 cm³/mol. The maximum absolute atomic E-state index is 12.1. The maximum Gasteiger partial charge on any atom is 0.328 e. The fraction of sp³-hybridized carbons (Fsp3) is 0.375. The highest BCUT2D eigenvalue weighted by Gasteiger charge is 2.12. The van der Waals surface area contributed by atoms with Crippen molar-refractivity contribution in [3.05, 3.63) is 35.9 Å². The highest BCUT2D eigenvalue weighted by atomic mass is 16.5. The number of ether oxygens (including phenoxy) is 2. The van der Waals surface area contributed by atoms with E-state index in [4.69, 9.17) is 14.6 Å². The minimum absolute atomic E-state index is 0.301. The Balaban J connectivity index is 3.02. The third-order valence-corrected chi connectivity index (χ3v) is 2.53. The third kappa shape index (κ3) is 5.69. The molecule has 114 valence electrons. The van der Waals surface area contributed by atoms with Gasteiger partial charge in [0.2, 0.25) is 0 Å². The van der Waals surface area contributed by atoms with Gasteiger partial charge in [0.1, 0.15) is 11.5 Å². The summed E-state index contributed by atoms with van der Waals surface area (Å²) in [5.74, 6) is -0.600. The number of aliphatic carboxylic acids is 1. The van der Waals surface area contributed by atoms with Crippen LogP contribution in [0, 0.1) is 0 Å². The van der Waals surface area contributed by atoms with Crippen LogP contribution in [0.15, 0.2) is 30.4 Å². The zero-order valence-electron chi connectivity index (χ0n) is 12.3. The Bertz CT molecular complexity index is 519. The standard InChI is InChI=1S/C16H20O5/c1-3-9-20-12-5-7-15(21-10-4-2)13(11-12)14(17)6-8-16(18)19/h5-8,11H,3-4,9-10H2,1-2H3,(H,18,19)/b8-6+. The van der Waals surface area contributed by atoms with Crippen LogP contribution in [0.5, 0.6) is 11.5 Å². The van der Waals surface area contributed by atoms with E-state index in [1.807, 2.05) is 13.8 Å². The Morgan fingerprint density at radius 1 is 1.10 bits per heavy atom. The molecule has 0 amide bonds. The van der Waals surface area contributed by atoms with Gasteiger partial charge in [-0.05, 0) is 37.1 Å². The zero-order valence-corrected chi connectivity index (χ0v) is 12.3. The largest absolute Gasteiger partial charge is 0.494 e. The number of carbonyl (C=O) groups is 2. The first kappa shape index (κ1) is 16.8. The second-order valence-electron chi connectivity index (χ2n) is 4.39. The lowest BCUT2D eigenvalue weighted by Gasteiger charge is -2.11. The number of rotatable bonds is 9. The van der Waals surface area contributed by atoms with Crippen LogP contribution in [0.4, 0.5) is 0 Å². The van der Waals surface area contributed by atoms with E-state index in [2.05, 4.69) is 0 Å². The van der Waals surface area contributed by atoms with Gasteiger partial charge in [-0.2, -0.15) is 0 Å². The van der Waals surface area contributed by atoms with E-state index in [0.717, 1.165) is 25.0 Å². The molecule has 0 radical (unpaired) electrons. The minimum atomic E-state index is -1.17. The quantitative estimate of drug-likeness (QED) is 0.559. The summed E-state index contributed by atoms with van der Waals surface area (Å²) in [4.78, 5) is 22.6. The van der Waals surface area contributed by atoms with Gasteiger partial charge < -0.3 is 14.6 Å². The van der Waals surface area contributed by atoms with Crippen molar-refractivity contribution in [2.45, 2.75) is 26.7 Å². The minimum Gasteiger partial charge on any atom is -0.494 e. The number of ketones is 1. The first-order valence-corrected chi connectivity index (χ1v) is 6.93. The third-order valence-electron chi connectivity index (χ3n) is 2.53. The topological polar surface area (TPSA) is 72.8 Å². The number of hydrogen-bond acceptors (Lipinski definition) is 4.